The lowest BCUT2D eigenvalue weighted by Gasteiger charge is -2.43. The monoisotopic (exact) mass is 374 g/mol. The Morgan fingerprint density at radius 1 is 1.24 bits per heavy atom. The summed E-state index contributed by atoms with van der Waals surface area (Å²) in [6, 6.07) is 8.27. The lowest BCUT2D eigenvalue weighted by Crippen LogP contribution is -2.57. The second-order valence-electron chi connectivity index (χ2n) is 7.29. The highest BCUT2D eigenvalue weighted by Gasteiger charge is 2.52. The van der Waals surface area contributed by atoms with E-state index in [1.807, 2.05) is 23.9 Å². The smallest absolute Gasteiger partial charge is 0.146 e. The Balaban J connectivity index is 1.70. The molecule has 0 saturated carbocycles. The Hall–Kier alpha value is -1.14. The zero-order valence-corrected chi connectivity index (χ0v) is 16.0. The highest BCUT2D eigenvalue weighted by molar-refractivity contribution is 8.03. The highest BCUT2D eigenvalue weighted by Crippen LogP contribution is 2.49. The molecule has 0 bridgehead atoms. The predicted molar refractivity (Wildman–Crippen MR) is 105 cm³/mol. The first-order valence-electron chi connectivity index (χ1n) is 9.03. The van der Waals surface area contributed by atoms with E-state index >= 15 is 0 Å². The Labute approximate surface area is 158 Å². The molecule has 1 aromatic carbocycles. The van der Waals surface area contributed by atoms with E-state index in [2.05, 4.69) is 39.8 Å². The third-order valence-electron chi connectivity index (χ3n) is 5.74. The topological polar surface area (TPSA) is 30.5 Å². The van der Waals surface area contributed by atoms with Crippen LogP contribution >= 0.6 is 23.4 Å². The summed E-state index contributed by atoms with van der Waals surface area (Å²) in [5.41, 5.74) is 9.07. The van der Waals surface area contributed by atoms with Crippen LogP contribution in [0.2, 0.25) is 5.02 Å². The summed E-state index contributed by atoms with van der Waals surface area (Å²) in [5.74, 6) is 1.21. The standard InChI is InChI=1S/C19H23ClN4S/c1-23-12-24-18-13(8-10-25-18)11-21-17-15(6-4-9-19(17,24)22-23)14-5-2-3-7-16(14)20/h2-3,5,7,21-22H,4,6,8-12H2,1H3. The zero-order valence-electron chi connectivity index (χ0n) is 14.4. The van der Waals surface area contributed by atoms with Crippen molar-refractivity contribution in [3.8, 4) is 0 Å². The predicted octanol–water partition coefficient (Wildman–Crippen LogP) is 3.59. The van der Waals surface area contributed by atoms with Crippen LogP contribution < -0.4 is 10.7 Å². The second kappa shape index (κ2) is 5.95. The average Bonchev–Trinajstić information content (AvgIpc) is 3.16. The molecule has 132 valence electrons. The fraction of sp³-hybridized carbons (Fsp3) is 0.474. The quantitative estimate of drug-likeness (QED) is 0.784. The molecule has 25 heavy (non-hydrogen) atoms. The van der Waals surface area contributed by atoms with Crippen LogP contribution in [0.1, 0.15) is 31.2 Å². The number of nitrogens with one attached hydrogen (secondary N) is 2. The van der Waals surface area contributed by atoms with Crippen molar-refractivity contribution in [3.63, 3.8) is 0 Å². The molecule has 1 fully saturated rings. The zero-order chi connectivity index (χ0) is 17.0. The van der Waals surface area contributed by atoms with Crippen molar-refractivity contribution in [2.45, 2.75) is 31.3 Å². The van der Waals surface area contributed by atoms with Gasteiger partial charge in [-0.3, -0.25) is 0 Å². The molecule has 1 saturated heterocycles. The molecule has 1 unspecified atom stereocenters. The number of fused-ring (bicyclic) bond motifs is 1. The van der Waals surface area contributed by atoms with Crippen molar-refractivity contribution in [2.24, 2.45) is 0 Å². The molecule has 0 radical (unpaired) electrons. The number of benzene rings is 1. The van der Waals surface area contributed by atoms with E-state index in [4.69, 9.17) is 11.6 Å². The number of hydrogen-bond acceptors (Lipinski definition) is 5. The number of thioether (sulfide) groups is 1. The van der Waals surface area contributed by atoms with Crippen molar-refractivity contribution < 1.29 is 0 Å². The molecule has 6 heteroatoms. The van der Waals surface area contributed by atoms with Gasteiger partial charge >= 0.3 is 0 Å². The number of hydrazine groups is 1. The van der Waals surface area contributed by atoms with Gasteiger partial charge in [-0.15, -0.1) is 11.8 Å². The van der Waals surface area contributed by atoms with Crippen molar-refractivity contribution in [3.05, 3.63) is 51.2 Å². The van der Waals surface area contributed by atoms with Crippen molar-refractivity contribution in [2.75, 3.05) is 26.0 Å². The molecule has 1 aromatic rings. The van der Waals surface area contributed by atoms with Gasteiger partial charge < -0.3 is 10.2 Å². The lowest BCUT2D eigenvalue weighted by molar-refractivity contribution is 0.176. The maximum Gasteiger partial charge on any atom is 0.146 e. The van der Waals surface area contributed by atoms with E-state index in [1.165, 1.54) is 34.0 Å². The first-order chi connectivity index (χ1) is 12.2. The van der Waals surface area contributed by atoms with E-state index in [0.29, 0.717) is 0 Å². The van der Waals surface area contributed by atoms with Gasteiger partial charge in [0.1, 0.15) is 5.66 Å². The van der Waals surface area contributed by atoms with Crippen LogP contribution in [-0.4, -0.2) is 41.6 Å². The van der Waals surface area contributed by atoms with Gasteiger partial charge in [0.15, 0.2) is 0 Å². The minimum absolute atomic E-state index is 0.157. The molecule has 3 aliphatic heterocycles. The fourth-order valence-corrected chi connectivity index (χ4v) is 6.26. The molecule has 0 aromatic heterocycles. The lowest BCUT2D eigenvalue weighted by atomic mass is 9.83. The number of halogens is 1. The van der Waals surface area contributed by atoms with E-state index in [-0.39, 0.29) is 5.66 Å². The third-order valence-corrected chi connectivity index (χ3v) is 7.26. The summed E-state index contributed by atoms with van der Waals surface area (Å²) < 4.78 is 0. The molecule has 1 spiro atoms. The third kappa shape index (κ3) is 2.36. The average molecular weight is 375 g/mol. The molecule has 3 heterocycles. The maximum absolute atomic E-state index is 6.57. The second-order valence-corrected chi connectivity index (χ2v) is 8.78. The molecule has 1 aliphatic carbocycles. The van der Waals surface area contributed by atoms with Crippen LogP contribution in [0.4, 0.5) is 0 Å². The molecule has 4 nitrogen and oxygen atoms in total. The molecule has 0 amide bonds. The van der Waals surface area contributed by atoms with E-state index in [0.717, 1.165) is 37.5 Å². The van der Waals surface area contributed by atoms with Crippen molar-refractivity contribution in [1.29, 1.82) is 0 Å². The summed E-state index contributed by atoms with van der Waals surface area (Å²) >= 11 is 8.59. The van der Waals surface area contributed by atoms with Gasteiger partial charge in [-0.1, -0.05) is 29.8 Å². The minimum atomic E-state index is -0.157. The number of allylic oxidation sites excluding steroid dienone is 1. The minimum Gasteiger partial charge on any atom is -0.381 e. The number of nitrogens with zero attached hydrogens (tertiary/aromatic N) is 2. The van der Waals surface area contributed by atoms with Gasteiger partial charge in [-0.2, -0.15) is 0 Å². The first kappa shape index (κ1) is 16.1. The number of hydrogen-bond donors (Lipinski definition) is 2. The highest BCUT2D eigenvalue weighted by atomic mass is 35.5. The molecular weight excluding hydrogens is 352 g/mol. The fourth-order valence-electron chi connectivity index (χ4n) is 4.72. The van der Waals surface area contributed by atoms with Gasteiger partial charge in [0.05, 0.1) is 17.4 Å². The summed E-state index contributed by atoms with van der Waals surface area (Å²) in [4.78, 5) is 2.60. The van der Waals surface area contributed by atoms with Gasteiger partial charge in [0.25, 0.3) is 0 Å². The van der Waals surface area contributed by atoms with Gasteiger partial charge in [0, 0.05) is 24.4 Å². The Morgan fingerprint density at radius 2 is 2.12 bits per heavy atom. The van der Waals surface area contributed by atoms with E-state index in [1.54, 1.807) is 5.57 Å². The summed E-state index contributed by atoms with van der Waals surface area (Å²) in [6.45, 7) is 1.88. The Kier molecular flexibility index (Phi) is 3.82. The maximum atomic E-state index is 6.57. The van der Waals surface area contributed by atoms with Crippen molar-refractivity contribution in [1.82, 2.24) is 20.7 Å². The normalized spacial score (nSPS) is 29.3. The van der Waals surface area contributed by atoms with E-state index in [9.17, 15) is 0 Å². The summed E-state index contributed by atoms with van der Waals surface area (Å²) in [7, 11) is 2.14. The summed E-state index contributed by atoms with van der Waals surface area (Å²) in [6.07, 6.45) is 4.55. The molecule has 4 aliphatic rings. The molecule has 1 atom stereocenters. The molecular formula is C19H23ClN4S. The number of rotatable bonds is 1. The van der Waals surface area contributed by atoms with Crippen LogP contribution in [-0.2, 0) is 0 Å². The molecule has 5 rings (SSSR count). The van der Waals surface area contributed by atoms with Crippen LogP contribution in [0.3, 0.4) is 0 Å². The van der Waals surface area contributed by atoms with Gasteiger partial charge in [-0.25, -0.2) is 10.4 Å². The van der Waals surface area contributed by atoms with E-state index < -0.39 is 0 Å². The van der Waals surface area contributed by atoms with Crippen LogP contribution in [0, 0.1) is 0 Å². The molecule has 2 N–H and O–H groups in total. The van der Waals surface area contributed by atoms with Crippen LogP contribution in [0.25, 0.3) is 5.57 Å². The van der Waals surface area contributed by atoms with Crippen LogP contribution in [0.5, 0.6) is 0 Å². The van der Waals surface area contributed by atoms with Crippen molar-refractivity contribution >= 4 is 28.9 Å². The largest absolute Gasteiger partial charge is 0.381 e. The Morgan fingerprint density at radius 3 is 3.00 bits per heavy atom. The van der Waals surface area contributed by atoms with Gasteiger partial charge in [-0.05, 0) is 48.5 Å². The van der Waals surface area contributed by atoms with Gasteiger partial charge in [0.2, 0.25) is 0 Å². The SMILES string of the molecule is CN1CN2C3=C(CCS3)CNC3=C(c4ccccc4Cl)CCCC32N1. The summed E-state index contributed by atoms with van der Waals surface area (Å²) in [5, 5.41) is 8.39. The Bertz CT molecular complexity index is 789. The van der Waals surface area contributed by atoms with Crippen LogP contribution in [0.15, 0.2) is 40.6 Å². The first-order valence-corrected chi connectivity index (χ1v) is 10.4.